The van der Waals surface area contributed by atoms with Crippen molar-refractivity contribution in [1.29, 1.82) is 0 Å². The highest BCUT2D eigenvalue weighted by Gasteiger charge is 2.31. The third-order valence-electron chi connectivity index (χ3n) is 5.16. The van der Waals surface area contributed by atoms with Gasteiger partial charge in [0, 0.05) is 13.0 Å². The first-order valence-corrected chi connectivity index (χ1v) is 11.0. The molecule has 1 amide bonds. The molecule has 0 spiro atoms. The van der Waals surface area contributed by atoms with Crippen molar-refractivity contribution in [1.82, 2.24) is 4.90 Å². The molecule has 5 nitrogen and oxygen atoms in total. The molecular formula is C23H23NO4S2. The molecule has 30 heavy (non-hydrogen) atoms. The Kier molecular flexibility index (Phi) is 6.01. The summed E-state index contributed by atoms with van der Waals surface area (Å²) in [6.07, 6.45) is 3.68. The molecule has 2 aromatic rings. The molecular weight excluding hydrogens is 418 g/mol. The van der Waals surface area contributed by atoms with Crippen LogP contribution in [0.25, 0.3) is 6.08 Å². The minimum Gasteiger partial charge on any atom is -0.493 e. The summed E-state index contributed by atoms with van der Waals surface area (Å²) in [7, 11) is 3.22. The van der Waals surface area contributed by atoms with Gasteiger partial charge in [-0.1, -0.05) is 36.1 Å². The molecule has 0 aromatic heterocycles. The second kappa shape index (κ2) is 8.70. The number of amides is 1. The van der Waals surface area contributed by atoms with Gasteiger partial charge in [0.15, 0.2) is 11.5 Å². The topological polar surface area (TPSA) is 48.0 Å². The van der Waals surface area contributed by atoms with Crippen LogP contribution in [0, 0.1) is 0 Å². The van der Waals surface area contributed by atoms with E-state index in [9.17, 15) is 4.79 Å². The van der Waals surface area contributed by atoms with Crippen LogP contribution in [-0.4, -0.2) is 42.0 Å². The molecule has 0 N–H and O–H groups in total. The largest absolute Gasteiger partial charge is 0.493 e. The lowest BCUT2D eigenvalue weighted by Crippen LogP contribution is -2.30. The first kappa shape index (κ1) is 20.8. The lowest BCUT2D eigenvalue weighted by molar-refractivity contribution is -0.122. The second-order valence-corrected chi connectivity index (χ2v) is 8.95. The van der Waals surface area contributed by atoms with Crippen LogP contribution in [0.2, 0.25) is 0 Å². The number of ether oxygens (including phenoxy) is 3. The average molecular weight is 442 g/mol. The zero-order valence-corrected chi connectivity index (χ0v) is 18.8. The number of carbonyl (C=O) groups excluding carboxylic acids is 1. The summed E-state index contributed by atoms with van der Waals surface area (Å²) in [6.45, 7) is 2.58. The molecule has 1 saturated heterocycles. The van der Waals surface area contributed by atoms with Crippen molar-refractivity contribution < 1.29 is 19.0 Å². The Balaban J connectivity index is 1.46. The van der Waals surface area contributed by atoms with E-state index in [-0.39, 0.29) is 12.0 Å². The molecule has 7 heteroatoms. The molecule has 2 heterocycles. The van der Waals surface area contributed by atoms with Gasteiger partial charge in [-0.2, -0.15) is 0 Å². The summed E-state index contributed by atoms with van der Waals surface area (Å²) in [5.41, 5.74) is 3.23. The molecule has 2 aliphatic rings. The van der Waals surface area contributed by atoms with Gasteiger partial charge in [-0.05, 0) is 60.4 Å². The normalized spacial score (nSPS) is 19.2. The maximum Gasteiger partial charge on any atom is 0.266 e. The summed E-state index contributed by atoms with van der Waals surface area (Å²) >= 11 is 6.82. The summed E-state index contributed by atoms with van der Waals surface area (Å²) in [5, 5.41) is 0. The fourth-order valence-electron chi connectivity index (χ4n) is 3.65. The first-order valence-electron chi connectivity index (χ1n) is 9.74. The van der Waals surface area contributed by atoms with Gasteiger partial charge in [0.1, 0.15) is 16.2 Å². The first-order chi connectivity index (χ1) is 14.5. The third kappa shape index (κ3) is 4.18. The molecule has 156 valence electrons. The quantitative estimate of drug-likeness (QED) is 0.487. The number of thioether (sulfide) groups is 1. The molecule has 1 unspecified atom stereocenters. The Morgan fingerprint density at radius 3 is 2.77 bits per heavy atom. The maximum atomic E-state index is 12.9. The fraction of sp³-hybridized carbons (Fsp3) is 0.304. The van der Waals surface area contributed by atoms with Crippen LogP contribution in [0.3, 0.4) is 0 Å². The Labute approximate surface area is 186 Å². The van der Waals surface area contributed by atoms with Gasteiger partial charge in [0.2, 0.25) is 0 Å². The molecule has 4 rings (SSSR count). The number of hydrogen-bond donors (Lipinski definition) is 0. The van der Waals surface area contributed by atoms with E-state index in [1.807, 2.05) is 36.4 Å². The molecule has 1 atom stereocenters. The molecule has 0 radical (unpaired) electrons. The van der Waals surface area contributed by atoms with E-state index in [0.29, 0.717) is 33.7 Å². The Morgan fingerprint density at radius 1 is 1.20 bits per heavy atom. The Bertz CT molecular complexity index is 1030. The van der Waals surface area contributed by atoms with Crippen LogP contribution in [0.15, 0.2) is 41.3 Å². The average Bonchev–Trinajstić information content (AvgIpc) is 3.24. The van der Waals surface area contributed by atoms with Gasteiger partial charge >= 0.3 is 0 Å². The second-order valence-electron chi connectivity index (χ2n) is 7.27. The Morgan fingerprint density at radius 2 is 2.00 bits per heavy atom. The van der Waals surface area contributed by atoms with Crippen molar-refractivity contribution in [2.24, 2.45) is 0 Å². The summed E-state index contributed by atoms with van der Waals surface area (Å²) in [4.78, 5) is 15.3. The number of methoxy groups -OCH3 is 2. The van der Waals surface area contributed by atoms with Crippen LogP contribution in [0.4, 0.5) is 0 Å². The third-order valence-corrected chi connectivity index (χ3v) is 6.54. The van der Waals surface area contributed by atoms with Crippen molar-refractivity contribution in [2.45, 2.75) is 25.9 Å². The predicted molar refractivity (Wildman–Crippen MR) is 123 cm³/mol. The van der Waals surface area contributed by atoms with Gasteiger partial charge in [0.05, 0.1) is 19.1 Å². The van der Waals surface area contributed by atoms with Gasteiger partial charge in [-0.3, -0.25) is 9.69 Å². The van der Waals surface area contributed by atoms with E-state index in [0.717, 1.165) is 23.3 Å². The summed E-state index contributed by atoms with van der Waals surface area (Å²) in [5.74, 6) is 2.25. The highest BCUT2D eigenvalue weighted by molar-refractivity contribution is 8.26. The molecule has 2 aliphatic heterocycles. The van der Waals surface area contributed by atoms with E-state index < -0.39 is 0 Å². The lowest BCUT2D eigenvalue weighted by atomic mass is 10.1. The number of thiocarbonyl (C=S) groups is 1. The fourth-order valence-corrected chi connectivity index (χ4v) is 4.96. The minimum absolute atomic E-state index is 0.0457. The molecule has 2 aromatic carbocycles. The summed E-state index contributed by atoms with van der Waals surface area (Å²) < 4.78 is 17.0. The standard InChI is InChI=1S/C23H23NO4S2/c1-14-10-17-11-16(5-6-18(17)28-14)13-21-22(25)24(23(29)30-21)9-8-15-4-7-19(26-2)20(12-15)27-3/h4-7,11-14H,8-10H2,1-3H3. The van der Waals surface area contributed by atoms with E-state index in [1.165, 1.54) is 17.3 Å². The number of nitrogens with zero attached hydrogens (tertiary/aromatic N) is 1. The number of carbonyl (C=O) groups is 1. The van der Waals surface area contributed by atoms with E-state index in [1.54, 1.807) is 19.1 Å². The van der Waals surface area contributed by atoms with E-state index >= 15 is 0 Å². The van der Waals surface area contributed by atoms with Crippen molar-refractivity contribution in [3.63, 3.8) is 0 Å². The number of hydrogen-bond acceptors (Lipinski definition) is 6. The van der Waals surface area contributed by atoms with E-state index in [2.05, 4.69) is 13.0 Å². The van der Waals surface area contributed by atoms with Crippen molar-refractivity contribution >= 4 is 40.3 Å². The van der Waals surface area contributed by atoms with Crippen LogP contribution in [0.5, 0.6) is 17.2 Å². The SMILES string of the molecule is COc1ccc(CCN2C(=O)C(=Cc3ccc4c(c3)CC(C)O4)SC2=S)cc1OC. The number of rotatable bonds is 6. The van der Waals surface area contributed by atoms with Crippen LogP contribution >= 0.6 is 24.0 Å². The Hall–Kier alpha value is -2.51. The molecule has 0 saturated carbocycles. The van der Waals surface area contributed by atoms with Crippen LogP contribution in [0.1, 0.15) is 23.6 Å². The van der Waals surface area contributed by atoms with Crippen LogP contribution in [-0.2, 0) is 17.6 Å². The lowest BCUT2D eigenvalue weighted by Gasteiger charge is -2.15. The van der Waals surface area contributed by atoms with Crippen molar-refractivity contribution in [2.75, 3.05) is 20.8 Å². The molecule has 0 bridgehead atoms. The smallest absolute Gasteiger partial charge is 0.266 e. The van der Waals surface area contributed by atoms with Gasteiger partial charge in [-0.25, -0.2) is 0 Å². The van der Waals surface area contributed by atoms with Crippen LogP contribution < -0.4 is 14.2 Å². The van der Waals surface area contributed by atoms with Crippen molar-refractivity contribution in [3.05, 3.63) is 58.0 Å². The zero-order chi connectivity index (χ0) is 21.3. The predicted octanol–water partition coefficient (Wildman–Crippen LogP) is 4.47. The number of fused-ring (bicyclic) bond motifs is 1. The van der Waals surface area contributed by atoms with Gasteiger partial charge in [-0.15, -0.1) is 0 Å². The zero-order valence-electron chi connectivity index (χ0n) is 17.1. The summed E-state index contributed by atoms with van der Waals surface area (Å²) in [6, 6.07) is 11.8. The van der Waals surface area contributed by atoms with Gasteiger partial charge in [0.25, 0.3) is 5.91 Å². The highest BCUT2D eigenvalue weighted by Crippen LogP contribution is 2.35. The van der Waals surface area contributed by atoms with E-state index in [4.69, 9.17) is 26.4 Å². The molecule has 1 fully saturated rings. The number of benzene rings is 2. The van der Waals surface area contributed by atoms with Gasteiger partial charge < -0.3 is 14.2 Å². The monoisotopic (exact) mass is 441 g/mol. The minimum atomic E-state index is -0.0457. The van der Waals surface area contributed by atoms with Crippen molar-refractivity contribution in [3.8, 4) is 17.2 Å². The highest BCUT2D eigenvalue weighted by atomic mass is 32.2. The maximum absolute atomic E-state index is 12.9. The molecule has 0 aliphatic carbocycles.